The number of ketones is 1. The molecule has 0 bridgehead atoms. The van der Waals surface area contributed by atoms with E-state index in [1.807, 2.05) is 19.3 Å². The second-order valence-electron chi connectivity index (χ2n) is 8.46. The number of piperidine rings is 1. The first kappa shape index (κ1) is 20.2. The van der Waals surface area contributed by atoms with Crippen molar-refractivity contribution < 1.29 is 24.2 Å². The highest BCUT2D eigenvalue weighted by molar-refractivity contribution is 6.05. The molecule has 1 saturated carbocycles. The van der Waals surface area contributed by atoms with E-state index >= 15 is 0 Å². The van der Waals surface area contributed by atoms with Gasteiger partial charge in [-0.2, -0.15) is 10.2 Å². The lowest BCUT2D eigenvalue weighted by Crippen LogP contribution is -2.44. The van der Waals surface area contributed by atoms with Gasteiger partial charge in [0.1, 0.15) is 30.6 Å². The predicted molar refractivity (Wildman–Crippen MR) is 112 cm³/mol. The third kappa shape index (κ3) is 3.51. The Hall–Kier alpha value is -3.69. The van der Waals surface area contributed by atoms with Crippen molar-refractivity contribution in [1.82, 2.24) is 24.5 Å². The zero-order chi connectivity index (χ0) is 22.6. The van der Waals surface area contributed by atoms with Crippen LogP contribution < -0.4 is 4.74 Å². The Labute approximate surface area is 183 Å². The molecule has 10 heteroatoms. The molecule has 1 saturated heterocycles. The molecule has 0 unspecified atom stereocenters. The number of carbonyl (C=O) groups excluding carboxylic acids is 2. The molecule has 0 radical (unpaired) electrons. The lowest BCUT2D eigenvalue weighted by Gasteiger charge is -2.24. The average molecular weight is 437 g/mol. The largest absolute Gasteiger partial charge is 0.487 e. The molecule has 0 spiro atoms. The minimum atomic E-state index is -0.977. The molecule has 10 nitrogen and oxygen atoms in total. The van der Waals surface area contributed by atoms with Gasteiger partial charge >= 0.3 is 5.97 Å². The number of fused-ring (bicyclic) bond motifs is 2. The number of hydrogen-bond acceptors (Lipinski definition) is 6. The highest BCUT2D eigenvalue weighted by Gasteiger charge is 2.56. The molecule has 2 aliphatic rings. The summed E-state index contributed by atoms with van der Waals surface area (Å²) in [4.78, 5) is 38.3. The van der Waals surface area contributed by atoms with E-state index in [2.05, 4.69) is 10.2 Å². The topological polar surface area (TPSA) is 120 Å². The van der Waals surface area contributed by atoms with Crippen molar-refractivity contribution in [2.75, 3.05) is 0 Å². The predicted octanol–water partition coefficient (Wildman–Crippen LogP) is 1.63. The van der Waals surface area contributed by atoms with Gasteiger partial charge in [-0.15, -0.1) is 0 Å². The lowest BCUT2D eigenvalue weighted by molar-refractivity contribution is -0.149. The number of hydrogen-bond donors (Lipinski definition) is 1. The van der Waals surface area contributed by atoms with Crippen molar-refractivity contribution in [2.24, 2.45) is 13.0 Å². The number of aromatic nitrogens is 4. The first-order chi connectivity index (χ1) is 15.3. The Kier molecular flexibility index (Phi) is 4.72. The molecule has 32 heavy (non-hydrogen) atoms. The summed E-state index contributed by atoms with van der Waals surface area (Å²) in [5, 5.41) is 18.7. The number of amides is 1. The molecule has 2 aromatic heterocycles. The van der Waals surface area contributed by atoms with E-state index in [0.717, 1.165) is 12.1 Å². The number of nitrogens with zero attached hydrogens (tertiary/aromatic N) is 5. The average Bonchev–Trinajstić information content (AvgIpc) is 3.08. The highest BCUT2D eigenvalue weighted by Crippen LogP contribution is 2.48. The third-order valence-corrected chi connectivity index (χ3v) is 6.17. The molecule has 166 valence electrons. The number of carbonyl (C=O) groups is 3. The quantitative estimate of drug-likeness (QED) is 0.558. The first-order valence-corrected chi connectivity index (χ1v) is 10.5. The van der Waals surface area contributed by atoms with Crippen molar-refractivity contribution in [3.8, 4) is 5.75 Å². The highest BCUT2D eigenvalue weighted by atomic mass is 16.5. The van der Waals surface area contributed by atoms with Gasteiger partial charge in [-0.05, 0) is 43.0 Å². The van der Waals surface area contributed by atoms with Crippen LogP contribution in [0.3, 0.4) is 0 Å². The number of aliphatic carboxylic acids is 1. The van der Waals surface area contributed by atoms with Crippen molar-refractivity contribution >= 4 is 28.6 Å². The molecular weight excluding hydrogens is 414 g/mol. The van der Waals surface area contributed by atoms with Crippen LogP contribution in [0.25, 0.3) is 10.9 Å². The molecule has 1 aliphatic heterocycles. The maximum Gasteiger partial charge on any atom is 0.326 e. The molecule has 1 aliphatic carbocycles. The number of carboxylic acid groups (broad SMARTS) is 1. The SMILES string of the molecule is CC(=O)c1nn(CC(=O)N2[C@@H]3C[C@@H]3C[C@H]2C(=O)O)c2ccc(OCc3ccn(C)n3)cc12. The van der Waals surface area contributed by atoms with Crippen LogP contribution >= 0.6 is 0 Å². The monoisotopic (exact) mass is 437 g/mol. The van der Waals surface area contributed by atoms with Gasteiger partial charge in [0.05, 0.1) is 11.2 Å². The fourth-order valence-corrected chi connectivity index (χ4v) is 4.57. The summed E-state index contributed by atoms with van der Waals surface area (Å²) in [6, 6.07) is 6.32. The fraction of sp³-hybridized carbons (Fsp3) is 0.409. The maximum absolute atomic E-state index is 13.0. The summed E-state index contributed by atoms with van der Waals surface area (Å²) in [6.45, 7) is 1.58. The van der Waals surface area contributed by atoms with Crippen LogP contribution in [0.2, 0.25) is 0 Å². The Morgan fingerprint density at radius 2 is 2.00 bits per heavy atom. The van der Waals surface area contributed by atoms with E-state index in [4.69, 9.17) is 4.74 Å². The number of ether oxygens (including phenoxy) is 1. The summed E-state index contributed by atoms with van der Waals surface area (Å²) in [6.07, 6.45) is 3.18. The van der Waals surface area contributed by atoms with Crippen LogP contribution in [-0.2, 0) is 29.8 Å². The number of aryl methyl sites for hydroxylation is 1. The number of rotatable bonds is 7. The van der Waals surface area contributed by atoms with Gasteiger partial charge in [-0.25, -0.2) is 4.79 Å². The van der Waals surface area contributed by atoms with E-state index in [9.17, 15) is 19.5 Å². The molecule has 5 rings (SSSR count). The van der Waals surface area contributed by atoms with Crippen molar-refractivity contribution in [3.05, 3.63) is 41.9 Å². The number of carboxylic acids is 1. The number of benzene rings is 1. The van der Waals surface area contributed by atoms with Gasteiger partial charge in [0.15, 0.2) is 5.78 Å². The molecule has 3 atom stereocenters. The lowest BCUT2D eigenvalue weighted by atomic mass is 10.1. The van der Waals surface area contributed by atoms with Gasteiger partial charge < -0.3 is 14.7 Å². The summed E-state index contributed by atoms with van der Waals surface area (Å²) < 4.78 is 8.98. The minimum Gasteiger partial charge on any atom is -0.487 e. The van der Waals surface area contributed by atoms with E-state index in [0.29, 0.717) is 23.1 Å². The molecule has 3 heterocycles. The van der Waals surface area contributed by atoms with E-state index in [1.54, 1.807) is 22.9 Å². The molecule has 1 N–H and O–H groups in total. The second-order valence-corrected chi connectivity index (χ2v) is 8.46. The first-order valence-electron chi connectivity index (χ1n) is 10.5. The van der Waals surface area contributed by atoms with Gasteiger partial charge in [0, 0.05) is 31.6 Å². The molecule has 1 aromatic carbocycles. The zero-order valence-electron chi connectivity index (χ0n) is 17.8. The summed E-state index contributed by atoms with van der Waals surface area (Å²) in [5.41, 5.74) is 1.64. The van der Waals surface area contributed by atoms with Gasteiger partial charge in [0.25, 0.3) is 0 Å². The maximum atomic E-state index is 13.0. The number of likely N-dealkylation sites (tertiary alicyclic amines) is 1. The fourth-order valence-electron chi connectivity index (χ4n) is 4.57. The smallest absolute Gasteiger partial charge is 0.326 e. The van der Waals surface area contributed by atoms with Crippen LogP contribution in [-0.4, -0.2) is 59.3 Å². The van der Waals surface area contributed by atoms with Gasteiger partial charge in [-0.1, -0.05) is 0 Å². The van der Waals surface area contributed by atoms with Crippen LogP contribution in [0.1, 0.15) is 35.9 Å². The van der Waals surface area contributed by atoms with Crippen molar-refractivity contribution in [3.63, 3.8) is 0 Å². The molecular formula is C22H23N5O5. The normalized spacial score (nSPS) is 21.6. The van der Waals surface area contributed by atoms with E-state index in [-0.39, 0.29) is 42.5 Å². The van der Waals surface area contributed by atoms with Gasteiger partial charge in [0.2, 0.25) is 5.91 Å². The Balaban J connectivity index is 1.40. The van der Waals surface area contributed by atoms with Crippen molar-refractivity contribution in [2.45, 2.75) is 45.0 Å². The van der Waals surface area contributed by atoms with Crippen LogP contribution in [0, 0.1) is 5.92 Å². The molecule has 2 fully saturated rings. The zero-order valence-corrected chi connectivity index (χ0v) is 17.8. The second kappa shape index (κ2) is 7.47. The Morgan fingerprint density at radius 1 is 1.19 bits per heavy atom. The Morgan fingerprint density at radius 3 is 2.69 bits per heavy atom. The summed E-state index contributed by atoms with van der Waals surface area (Å²) in [7, 11) is 1.83. The van der Waals surface area contributed by atoms with E-state index < -0.39 is 12.0 Å². The summed E-state index contributed by atoms with van der Waals surface area (Å²) >= 11 is 0. The van der Waals surface area contributed by atoms with Crippen molar-refractivity contribution in [1.29, 1.82) is 0 Å². The van der Waals surface area contributed by atoms with Gasteiger partial charge in [-0.3, -0.25) is 19.0 Å². The summed E-state index contributed by atoms with van der Waals surface area (Å²) in [5.74, 6) is -0.661. The van der Waals surface area contributed by atoms with Crippen LogP contribution in [0.5, 0.6) is 5.75 Å². The van der Waals surface area contributed by atoms with E-state index in [1.165, 1.54) is 16.5 Å². The van der Waals surface area contributed by atoms with Crippen LogP contribution in [0.4, 0.5) is 0 Å². The third-order valence-electron chi connectivity index (χ3n) is 6.17. The van der Waals surface area contributed by atoms with Crippen LogP contribution in [0.15, 0.2) is 30.5 Å². The number of Topliss-reactive ketones (excluding diaryl/α,β-unsaturated/α-hetero) is 1. The Bertz CT molecular complexity index is 1240. The minimum absolute atomic E-state index is 0.00398. The molecule has 3 aromatic rings. The standard InChI is InChI=1S/C22H23N5O5/c1-12(28)21-16-9-15(32-11-14-5-6-25(2)23-14)3-4-17(16)26(24-21)10-20(29)27-18-7-13(18)8-19(27)22(30)31/h3-6,9,13,18-19H,7-8,10-11H2,1-2H3,(H,30,31)/t13-,18-,19+/m1/s1. The molecule has 1 amide bonds.